The van der Waals surface area contributed by atoms with Gasteiger partial charge in [0.2, 0.25) is 0 Å². The smallest absolute Gasteiger partial charge is 0.119 e. The number of benzene rings is 1. The van der Waals surface area contributed by atoms with Crippen LogP contribution in [0.4, 0.5) is 0 Å². The van der Waals surface area contributed by atoms with E-state index in [0.29, 0.717) is 13.2 Å². The lowest BCUT2D eigenvalue weighted by Gasteiger charge is -2.19. The highest BCUT2D eigenvalue weighted by atomic mass is 16.5. The Morgan fingerprint density at radius 1 is 1.41 bits per heavy atom. The molecule has 1 N–H and O–H groups in total. The van der Waals surface area contributed by atoms with Gasteiger partial charge in [0.25, 0.3) is 0 Å². The molecule has 1 aromatic carbocycles. The van der Waals surface area contributed by atoms with Crippen LogP contribution >= 0.6 is 0 Å². The number of nitrogens with zero attached hydrogens (tertiary/aromatic N) is 1. The van der Waals surface area contributed by atoms with Gasteiger partial charge in [-0.2, -0.15) is 0 Å². The fourth-order valence-corrected chi connectivity index (χ4v) is 2.06. The fraction of sp³-hybridized carbons (Fsp3) is 0.429. The van der Waals surface area contributed by atoms with Gasteiger partial charge in [-0.25, -0.2) is 0 Å². The summed E-state index contributed by atoms with van der Waals surface area (Å²) in [4.78, 5) is 2.20. The second-order valence-electron chi connectivity index (χ2n) is 4.50. The Labute approximate surface area is 102 Å². The number of rotatable bonds is 5. The Morgan fingerprint density at radius 3 is 2.82 bits per heavy atom. The Balaban J connectivity index is 1.72. The first-order chi connectivity index (χ1) is 8.22. The van der Waals surface area contributed by atoms with Crippen molar-refractivity contribution in [1.29, 1.82) is 0 Å². The van der Waals surface area contributed by atoms with Crippen molar-refractivity contribution in [2.24, 2.45) is 0 Å². The zero-order valence-corrected chi connectivity index (χ0v) is 10.0. The predicted molar refractivity (Wildman–Crippen MR) is 68.1 cm³/mol. The van der Waals surface area contributed by atoms with Crippen molar-refractivity contribution < 1.29 is 9.84 Å². The predicted octanol–water partition coefficient (Wildman–Crippen LogP) is 1.69. The molecule has 0 bridgehead atoms. The van der Waals surface area contributed by atoms with Gasteiger partial charge >= 0.3 is 0 Å². The number of hydrogen-bond donors (Lipinski definition) is 1. The summed E-state index contributed by atoms with van der Waals surface area (Å²) in [6, 6.07) is 9.79. The summed E-state index contributed by atoms with van der Waals surface area (Å²) in [7, 11) is 0. The van der Waals surface area contributed by atoms with Crippen molar-refractivity contribution >= 4 is 0 Å². The lowest BCUT2D eigenvalue weighted by atomic mass is 10.0. The Kier molecular flexibility index (Phi) is 3.82. The van der Waals surface area contributed by atoms with E-state index in [4.69, 9.17) is 4.74 Å². The minimum Gasteiger partial charge on any atom is -0.492 e. The van der Waals surface area contributed by atoms with Gasteiger partial charge in [0.1, 0.15) is 12.4 Å². The molecule has 2 rings (SSSR count). The van der Waals surface area contributed by atoms with Gasteiger partial charge in [0.05, 0.1) is 5.60 Å². The molecule has 1 aliphatic heterocycles. The lowest BCUT2D eigenvalue weighted by molar-refractivity contribution is 0.0961. The average Bonchev–Trinajstić information content (AvgIpc) is 2.74. The zero-order chi connectivity index (χ0) is 12.1. The molecule has 0 spiro atoms. The van der Waals surface area contributed by atoms with E-state index in [1.54, 1.807) is 6.08 Å². The largest absolute Gasteiger partial charge is 0.492 e. The SMILES string of the molecule is C=CC1(O)CCN(CCOc2ccccc2)C1. The molecule has 0 aliphatic carbocycles. The van der Waals surface area contributed by atoms with Crippen molar-refractivity contribution in [3.63, 3.8) is 0 Å². The Bertz CT molecular complexity index is 366. The van der Waals surface area contributed by atoms with E-state index in [-0.39, 0.29) is 0 Å². The van der Waals surface area contributed by atoms with Gasteiger partial charge < -0.3 is 9.84 Å². The molecule has 1 heterocycles. The summed E-state index contributed by atoms with van der Waals surface area (Å²) in [6.07, 6.45) is 2.41. The highest BCUT2D eigenvalue weighted by Crippen LogP contribution is 2.21. The minimum absolute atomic E-state index is 0.650. The van der Waals surface area contributed by atoms with Crippen LogP contribution in [0.25, 0.3) is 0 Å². The number of para-hydroxylation sites is 1. The number of β-amino-alcohol motifs (C(OH)–C–C–N with tert-alkyl or cyclic N) is 1. The molecular weight excluding hydrogens is 214 g/mol. The van der Waals surface area contributed by atoms with Crippen molar-refractivity contribution in [1.82, 2.24) is 4.90 Å². The molecule has 17 heavy (non-hydrogen) atoms. The summed E-state index contributed by atoms with van der Waals surface area (Å²) in [5, 5.41) is 9.99. The average molecular weight is 233 g/mol. The molecule has 92 valence electrons. The molecule has 0 saturated carbocycles. The molecule has 1 unspecified atom stereocenters. The number of aliphatic hydroxyl groups is 1. The summed E-state index contributed by atoms with van der Waals surface area (Å²) in [5.74, 6) is 0.894. The third-order valence-corrected chi connectivity index (χ3v) is 3.16. The number of hydrogen-bond acceptors (Lipinski definition) is 3. The molecular formula is C14H19NO2. The summed E-state index contributed by atoms with van der Waals surface area (Å²) in [6.45, 7) is 6.72. The molecule has 1 aliphatic rings. The highest BCUT2D eigenvalue weighted by Gasteiger charge is 2.32. The molecule has 0 amide bonds. The van der Waals surface area contributed by atoms with Gasteiger partial charge in [-0.15, -0.1) is 6.58 Å². The molecule has 1 aromatic rings. The summed E-state index contributed by atoms with van der Waals surface area (Å²) in [5.41, 5.74) is -0.702. The zero-order valence-electron chi connectivity index (χ0n) is 10.0. The Morgan fingerprint density at radius 2 is 2.18 bits per heavy atom. The second kappa shape index (κ2) is 5.34. The van der Waals surface area contributed by atoms with Crippen molar-refractivity contribution in [3.8, 4) is 5.75 Å². The van der Waals surface area contributed by atoms with Crippen LogP contribution in [0, 0.1) is 0 Å². The van der Waals surface area contributed by atoms with Gasteiger partial charge in [-0.05, 0) is 18.6 Å². The molecule has 0 radical (unpaired) electrons. The van der Waals surface area contributed by atoms with E-state index in [1.165, 1.54) is 0 Å². The topological polar surface area (TPSA) is 32.7 Å². The van der Waals surface area contributed by atoms with Gasteiger partial charge in [0, 0.05) is 19.6 Å². The van der Waals surface area contributed by atoms with Gasteiger partial charge in [0.15, 0.2) is 0 Å². The summed E-state index contributed by atoms with van der Waals surface area (Å²) < 4.78 is 5.62. The molecule has 1 saturated heterocycles. The van der Waals surface area contributed by atoms with Crippen LogP contribution in [0.5, 0.6) is 5.75 Å². The van der Waals surface area contributed by atoms with E-state index in [1.807, 2.05) is 30.3 Å². The molecule has 1 atom stereocenters. The maximum atomic E-state index is 9.99. The first kappa shape index (κ1) is 12.1. The van der Waals surface area contributed by atoms with E-state index >= 15 is 0 Å². The van der Waals surface area contributed by atoms with Crippen LogP contribution in [0.2, 0.25) is 0 Å². The third-order valence-electron chi connectivity index (χ3n) is 3.16. The lowest BCUT2D eigenvalue weighted by Crippen LogP contribution is -2.32. The standard InChI is InChI=1S/C14H19NO2/c1-2-14(16)8-9-15(12-14)10-11-17-13-6-4-3-5-7-13/h2-7,16H,1,8-12H2. The molecule has 3 nitrogen and oxygen atoms in total. The monoisotopic (exact) mass is 233 g/mol. The molecule has 0 aromatic heterocycles. The number of ether oxygens (including phenoxy) is 1. The highest BCUT2D eigenvalue weighted by molar-refractivity contribution is 5.20. The Hall–Kier alpha value is -1.32. The van der Waals surface area contributed by atoms with Gasteiger partial charge in [-0.1, -0.05) is 24.3 Å². The van der Waals surface area contributed by atoms with Crippen LogP contribution in [0.15, 0.2) is 43.0 Å². The van der Waals surface area contributed by atoms with E-state index in [2.05, 4.69) is 11.5 Å². The van der Waals surface area contributed by atoms with Crippen LogP contribution in [-0.2, 0) is 0 Å². The first-order valence-corrected chi connectivity index (χ1v) is 5.98. The van der Waals surface area contributed by atoms with E-state index < -0.39 is 5.60 Å². The third kappa shape index (κ3) is 3.32. The van der Waals surface area contributed by atoms with Crippen molar-refractivity contribution in [3.05, 3.63) is 43.0 Å². The van der Waals surface area contributed by atoms with Crippen LogP contribution in [0.1, 0.15) is 6.42 Å². The number of likely N-dealkylation sites (tertiary alicyclic amines) is 1. The van der Waals surface area contributed by atoms with Crippen molar-refractivity contribution in [2.75, 3.05) is 26.2 Å². The van der Waals surface area contributed by atoms with Crippen LogP contribution in [0.3, 0.4) is 0 Å². The van der Waals surface area contributed by atoms with E-state index in [0.717, 1.165) is 25.3 Å². The fourth-order valence-electron chi connectivity index (χ4n) is 2.06. The maximum Gasteiger partial charge on any atom is 0.119 e. The first-order valence-electron chi connectivity index (χ1n) is 5.98. The van der Waals surface area contributed by atoms with Crippen LogP contribution < -0.4 is 4.74 Å². The van der Waals surface area contributed by atoms with E-state index in [9.17, 15) is 5.11 Å². The molecule has 3 heteroatoms. The van der Waals surface area contributed by atoms with Crippen LogP contribution in [-0.4, -0.2) is 41.8 Å². The quantitative estimate of drug-likeness (QED) is 0.786. The normalized spacial score (nSPS) is 24.8. The van der Waals surface area contributed by atoms with Gasteiger partial charge in [-0.3, -0.25) is 4.90 Å². The molecule has 1 fully saturated rings. The second-order valence-corrected chi connectivity index (χ2v) is 4.50. The van der Waals surface area contributed by atoms with Crippen molar-refractivity contribution in [2.45, 2.75) is 12.0 Å². The maximum absolute atomic E-state index is 9.99. The minimum atomic E-state index is -0.702. The summed E-state index contributed by atoms with van der Waals surface area (Å²) >= 11 is 0.